The number of rotatable bonds is 6. The van der Waals surface area contributed by atoms with E-state index in [4.69, 9.17) is 19.0 Å². The first kappa shape index (κ1) is 22.7. The van der Waals surface area contributed by atoms with Gasteiger partial charge in [-0.3, -0.25) is 14.4 Å². The summed E-state index contributed by atoms with van der Waals surface area (Å²) in [6.07, 6.45) is -1.07. The molecule has 2 fully saturated rings. The number of carbonyl (C=O) groups is 2. The van der Waals surface area contributed by atoms with E-state index in [0.29, 0.717) is 28.5 Å². The molecular formula is C26H23FN2O6. The number of amides is 2. The smallest absolute Gasteiger partial charge is 0.266 e. The number of benzene rings is 3. The molecule has 2 aliphatic rings. The van der Waals surface area contributed by atoms with E-state index in [9.17, 15) is 14.0 Å². The number of halogens is 1. The fourth-order valence-electron chi connectivity index (χ4n) is 4.73. The Hall–Kier alpha value is -4.11. The Morgan fingerprint density at radius 2 is 1.46 bits per heavy atom. The van der Waals surface area contributed by atoms with E-state index >= 15 is 0 Å². The lowest BCUT2D eigenvalue weighted by Gasteiger charge is -2.30. The Bertz CT molecular complexity index is 1270. The van der Waals surface area contributed by atoms with Crippen LogP contribution in [-0.4, -0.2) is 39.2 Å². The second-order valence-corrected chi connectivity index (χ2v) is 8.07. The van der Waals surface area contributed by atoms with Crippen molar-refractivity contribution in [2.75, 3.05) is 31.3 Å². The van der Waals surface area contributed by atoms with Gasteiger partial charge in [-0.2, -0.15) is 0 Å². The van der Waals surface area contributed by atoms with Crippen molar-refractivity contribution in [1.29, 1.82) is 0 Å². The summed E-state index contributed by atoms with van der Waals surface area (Å²) in [6, 6.07) is 17.2. The second kappa shape index (κ2) is 8.92. The van der Waals surface area contributed by atoms with Gasteiger partial charge in [-0.15, -0.1) is 0 Å². The number of carbonyl (C=O) groups excluding carboxylic acids is 2. The van der Waals surface area contributed by atoms with Gasteiger partial charge in [-0.1, -0.05) is 18.2 Å². The van der Waals surface area contributed by atoms with Gasteiger partial charge in [-0.25, -0.2) is 14.4 Å². The molecule has 2 amide bonds. The molecule has 2 aliphatic heterocycles. The molecule has 3 aromatic rings. The molecule has 0 aliphatic carbocycles. The third-order valence-corrected chi connectivity index (χ3v) is 6.26. The molecular weight excluding hydrogens is 455 g/mol. The van der Waals surface area contributed by atoms with E-state index in [-0.39, 0.29) is 5.69 Å². The first-order valence-electron chi connectivity index (χ1n) is 10.9. The van der Waals surface area contributed by atoms with Crippen molar-refractivity contribution in [2.24, 2.45) is 5.92 Å². The number of anilines is 2. The van der Waals surface area contributed by atoms with E-state index in [2.05, 4.69) is 0 Å². The molecule has 8 nitrogen and oxygen atoms in total. The number of hydrogen-bond donors (Lipinski definition) is 0. The minimum Gasteiger partial charge on any atom is -0.493 e. The number of hydroxylamine groups is 1. The average Bonchev–Trinajstić information content (AvgIpc) is 3.39. The second-order valence-electron chi connectivity index (χ2n) is 8.07. The van der Waals surface area contributed by atoms with Gasteiger partial charge >= 0.3 is 0 Å². The van der Waals surface area contributed by atoms with Gasteiger partial charge in [0.2, 0.25) is 11.7 Å². The number of fused-ring (bicyclic) bond motifs is 1. The number of nitrogens with zero attached hydrogens (tertiary/aromatic N) is 2. The van der Waals surface area contributed by atoms with Crippen LogP contribution in [-0.2, 0) is 14.4 Å². The highest BCUT2D eigenvalue weighted by atomic mass is 19.1. The summed E-state index contributed by atoms with van der Waals surface area (Å²) in [5, 5.41) is 1.57. The zero-order chi connectivity index (χ0) is 24.7. The molecule has 2 saturated heterocycles. The highest BCUT2D eigenvalue weighted by Gasteiger charge is 2.61. The Kier molecular flexibility index (Phi) is 5.78. The molecule has 9 heteroatoms. The number of methoxy groups -OCH3 is 3. The van der Waals surface area contributed by atoms with Crippen molar-refractivity contribution in [3.63, 3.8) is 0 Å². The zero-order valence-electron chi connectivity index (χ0n) is 19.3. The van der Waals surface area contributed by atoms with E-state index < -0.39 is 35.7 Å². The van der Waals surface area contributed by atoms with E-state index in [1.54, 1.807) is 17.2 Å². The molecule has 0 N–H and O–H groups in total. The minimum atomic E-state index is -1.07. The van der Waals surface area contributed by atoms with Crippen LogP contribution in [0, 0.1) is 11.7 Å². The van der Waals surface area contributed by atoms with E-state index in [1.807, 2.05) is 30.3 Å². The highest BCUT2D eigenvalue weighted by Crippen LogP contribution is 2.52. The van der Waals surface area contributed by atoms with Gasteiger partial charge < -0.3 is 14.2 Å². The maximum atomic E-state index is 13.7. The van der Waals surface area contributed by atoms with Crippen molar-refractivity contribution in [3.05, 3.63) is 78.1 Å². The first-order valence-corrected chi connectivity index (χ1v) is 10.9. The molecule has 5 rings (SSSR count). The lowest BCUT2D eigenvalue weighted by molar-refractivity contribution is -0.126. The predicted molar refractivity (Wildman–Crippen MR) is 125 cm³/mol. The normalized spacial score (nSPS) is 21.3. The Balaban J connectivity index is 1.65. The van der Waals surface area contributed by atoms with Crippen LogP contribution in [0.15, 0.2) is 66.7 Å². The van der Waals surface area contributed by atoms with Gasteiger partial charge in [0, 0.05) is 5.56 Å². The topological polar surface area (TPSA) is 77.5 Å². The van der Waals surface area contributed by atoms with Crippen molar-refractivity contribution in [2.45, 2.75) is 12.1 Å². The molecule has 3 atom stereocenters. The molecule has 0 aromatic heterocycles. The molecule has 0 radical (unpaired) electrons. The van der Waals surface area contributed by atoms with Crippen LogP contribution in [0.2, 0.25) is 0 Å². The quantitative estimate of drug-likeness (QED) is 0.498. The maximum absolute atomic E-state index is 13.7. The summed E-state index contributed by atoms with van der Waals surface area (Å²) in [5.74, 6) is -1.15. The third kappa shape index (κ3) is 3.55. The van der Waals surface area contributed by atoms with E-state index in [1.165, 1.54) is 45.6 Å². The molecule has 0 unspecified atom stereocenters. The number of imide groups is 1. The van der Waals surface area contributed by atoms with Crippen molar-refractivity contribution in [1.82, 2.24) is 0 Å². The fourth-order valence-corrected chi connectivity index (χ4v) is 4.73. The van der Waals surface area contributed by atoms with Gasteiger partial charge in [-0.05, 0) is 48.5 Å². The van der Waals surface area contributed by atoms with Crippen LogP contribution >= 0.6 is 0 Å². The summed E-state index contributed by atoms with van der Waals surface area (Å²) in [4.78, 5) is 34.3. The predicted octanol–water partition coefficient (Wildman–Crippen LogP) is 3.90. The number of ether oxygens (including phenoxy) is 3. The van der Waals surface area contributed by atoms with Gasteiger partial charge in [0.1, 0.15) is 17.8 Å². The number of hydrogen-bond acceptors (Lipinski definition) is 7. The summed E-state index contributed by atoms with van der Waals surface area (Å²) < 4.78 is 30.1. The van der Waals surface area contributed by atoms with Crippen LogP contribution in [0.5, 0.6) is 17.2 Å². The minimum absolute atomic E-state index is 0.281. The molecule has 3 aromatic carbocycles. The average molecular weight is 478 g/mol. The fraction of sp³-hybridized carbons (Fsp3) is 0.231. The van der Waals surface area contributed by atoms with Gasteiger partial charge in [0.15, 0.2) is 17.6 Å². The van der Waals surface area contributed by atoms with E-state index in [0.717, 1.165) is 4.90 Å². The maximum Gasteiger partial charge on any atom is 0.266 e. The zero-order valence-corrected chi connectivity index (χ0v) is 19.3. The number of para-hydroxylation sites is 1. The molecule has 0 saturated carbocycles. The van der Waals surface area contributed by atoms with Gasteiger partial charge in [0.05, 0.1) is 32.7 Å². The molecule has 0 bridgehead atoms. The largest absolute Gasteiger partial charge is 0.493 e. The first-order chi connectivity index (χ1) is 17.0. The van der Waals surface area contributed by atoms with Crippen molar-refractivity contribution >= 4 is 23.2 Å². The van der Waals surface area contributed by atoms with Crippen molar-refractivity contribution < 1.29 is 33.0 Å². The summed E-state index contributed by atoms with van der Waals surface area (Å²) in [7, 11) is 4.50. The summed E-state index contributed by atoms with van der Waals surface area (Å²) >= 11 is 0. The van der Waals surface area contributed by atoms with Crippen molar-refractivity contribution in [3.8, 4) is 17.2 Å². The van der Waals surface area contributed by atoms with Crippen LogP contribution in [0.25, 0.3) is 0 Å². The standard InChI is InChI=1S/C26H23FN2O6/c1-32-19-14-13-18(22(33-2)23(19)34-3)21-20-24(35-29(21)17-7-5-4-6-8-17)26(31)28(25(20)30)16-11-9-15(27)10-12-16/h4-14,20-21,24H,1-3H3/t20-,21-,24+/m1/s1. The SMILES string of the molecule is COc1ccc([C@@H]2[C@H]3C(=O)N(c4ccc(F)cc4)C(=O)[C@H]3ON2c2ccccc2)c(OC)c1OC. The van der Waals surface area contributed by atoms with Gasteiger partial charge in [0.25, 0.3) is 5.91 Å². The summed E-state index contributed by atoms with van der Waals surface area (Å²) in [5.41, 5.74) is 1.53. The monoisotopic (exact) mass is 478 g/mol. The molecule has 35 heavy (non-hydrogen) atoms. The molecule has 0 spiro atoms. The van der Waals surface area contributed by atoms with Crippen LogP contribution in [0.3, 0.4) is 0 Å². The Labute approximate surface area is 201 Å². The third-order valence-electron chi connectivity index (χ3n) is 6.26. The summed E-state index contributed by atoms with van der Waals surface area (Å²) in [6.45, 7) is 0. The molecule has 180 valence electrons. The Morgan fingerprint density at radius 1 is 0.771 bits per heavy atom. The Morgan fingerprint density at radius 3 is 2.09 bits per heavy atom. The molecule has 2 heterocycles. The lowest BCUT2D eigenvalue weighted by Crippen LogP contribution is -2.37. The van der Waals surface area contributed by atoms with Crippen LogP contribution in [0.1, 0.15) is 11.6 Å². The highest BCUT2D eigenvalue weighted by molar-refractivity contribution is 6.24. The van der Waals surface area contributed by atoms with Crippen LogP contribution < -0.4 is 24.2 Å². The van der Waals surface area contributed by atoms with Crippen LogP contribution in [0.4, 0.5) is 15.8 Å². The lowest BCUT2D eigenvalue weighted by atomic mass is 9.89.